The molecule has 0 heterocycles. The molecule has 0 saturated carbocycles. The lowest BCUT2D eigenvalue weighted by molar-refractivity contribution is 0.421. The monoisotopic (exact) mass is 246 g/mol. The van der Waals surface area contributed by atoms with E-state index in [2.05, 4.69) is 31.3 Å². The minimum Gasteiger partial charge on any atom is -0.399 e. The molecule has 0 radical (unpaired) electrons. The number of hydrogen-bond donors (Lipinski definition) is 2. The van der Waals surface area contributed by atoms with Gasteiger partial charge < -0.3 is 11.1 Å². The van der Waals surface area contributed by atoms with Crippen LogP contribution in [0.15, 0.2) is 18.2 Å². The lowest BCUT2D eigenvalue weighted by Crippen LogP contribution is -2.29. The van der Waals surface area contributed by atoms with E-state index in [1.165, 1.54) is 49.7 Å². The second-order valence-corrected chi connectivity index (χ2v) is 5.61. The summed E-state index contributed by atoms with van der Waals surface area (Å²) < 4.78 is 0. The molecule has 2 heteroatoms. The number of hydrogen-bond acceptors (Lipinski definition) is 2. The van der Waals surface area contributed by atoms with Crippen LogP contribution in [0, 0.1) is 0 Å². The molecule has 0 aromatic heterocycles. The van der Waals surface area contributed by atoms with Gasteiger partial charge in [0, 0.05) is 17.8 Å². The third-order valence-electron chi connectivity index (χ3n) is 3.97. The van der Waals surface area contributed by atoms with Crippen LogP contribution in [0.4, 0.5) is 5.69 Å². The zero-order chi connectivity index (χ0) is 13.0. The van der Waals surface area contributed by atoms with Crippen molar-refractivity contribution in [3.8, 4) is 0 Å². The third-order valence-corrected chi connectivity index (χ3v) is 3.97. The second kappa shape index (κ2) is 6.24. The Labute approximate surface area is 111 Å². The van der Waals surface area contributed by atoms with Crippen LogP contribution >= 0.6 is 0 Å². The Bertz CT molecular complexity index is 387. The van der Waals surface area contributed by atoms with Gasteiger partial charge in [0.05, 0.1) is 0 Å². The van der Waals surface area contributed by atoms with E-state index in [1.807, 2.05) is 6.07 Å². The molecular formula is C16H26N2. The number of benzene rings is 1. The van der Waals surface area contributed by atoms with Gasteiger partial charge in [0.15, 0.2) is 0 Å². The number of unbranched alkanes of at least 4 members (excludes halogenated alkanes) is 2. The molecule has 1 aromatic carbocycles. The Balaban J connectivity index is 1.89. The lowest BCUT2D eigenvalue weighted by Gasteiger charge is -2.20. The standard InChI is InChI=1S/C16H26N2/c1-3-4-5-6-12(2)18-16-10-7-13-11-14(17)8-9-15(13)16/h8-9,11-12,16,18H,3-7,10,17H2,1-2H3. The van der Waals surface area contributed by atoms with Gasteiger partial charge in [0.1, 0.15) is 0 Å². The summed E-state index contributed by atoms with van der Waals surface area (Å²) in [6.45, 7) is 4.57. The normalized spacial score (nSPS) is 19.8. The zero-order valence-electron chi connectivity index (χ0n) is 11.7. The molecule has 2 unspecified atom stereocenters. The van der Waals surface area contributed by atoms with Crippen LogP contribution in [0.5, 0.6) is 0 Å². The van der Waals surface area contributed by atoms with Gasteiger partial charge >= 0.3 is 0 Å². The van der Waals surface area contributed by atoms with Crippen LogP contribution in [0.1, 0.15) is 63.1 Å². The third kappa shape index (κ3) is 3.26. The molecule has 1 aromatic rings. The molecule has 0 aliphatic heterocycles. The Hall–Kier alpha value is -1.02. The van der Waals surface area contributed by atoms with E-state index in [0.29, 0.717) is 12.1 Å². The fraction of sp³-hybridized carbons (Fsp3) is 0.625. The van der Waals surface area contributed by atoms with Crippen molar-refractivity contribution in [1.82, 2.24) is 5.32 Å². The minimum absolute atomic E-state index is 0.539. The first-order valence-corrected chi connectivity index (χ1v) is 7.35. The number of nitrogen functional groups attached to an aromatic ring is 1. The Kier molecular flexibility index (Phi) is 4.65. The van der Waals surface area contributed by atoms with Gasteiger partial charge in [-0.2, -0.15) is 0 Å². The van der Waals surface area contributed by atoms with Crippen molar-refractivity contribution >= 4 is 5.69 Å². The number of fused-ring (bicyclic) bond motifs is 1. The van der Waals surface area contributed by atoms with Crippen molar-refractivity contribution in [2.45, 2.75) is 64.5 Å². The van der Waals surface area contributed by atoms with E-state index in [1.54, 1.807) is 0 Å². The van der Waals surface area contributed by atoms with E-state index < -0.39 is 0 Å². The summed E-state index contributed by atoms with van der Waals surface area (Å²) in [6.07, 6.45) is 7.67. The molecule has 100 valence electrons. The van der Waals surface area contributed by atoms with Crippen LogP contribution in [0.3, 0.4) is 0 Å². The summed E-state index contributed by atoms with van der Waals surface area (Å²) in [5.74, 6) is 0. The van der Waals surface area contributed by atoms with Gasteiger partial charge in [-0.05, 0) is 49.4 Å². The smallest absolute Gasteiger partial charge is 0.0328 e. The predicted molar refractivity (Wildman–Crippen MR) is 78.7 cm³/mol. The summed E-state index contributed by atoms with van der Waals surface area (Å²) in [7, 11) is 0. The highest BCUT2D eigenvalue weighted by molar-refractivity contribution is 5.47. The molecule has 2 rings (SSSR count). The van der Waals surface area contributed by atoms with E-state index in [-0.39, 0.29) is 0 Å². The average molecular weight is 246 g/mol. The van der Waals surface area contributed by atoms with Gasteiger partial charge in [0.25, 0.3) is 0 Å². The maximum absolute atomic E-state index is 5.84. The summed E-state index contributed by atoms with van der Waals surface area (Å²) in [5.41, 5.74) is 9.63. The lowest BCUT2D eigenvalue weighted by atomic mass is 10.0. The van der Waals surface area contributed by atoms with Crippen LogP contribution < -0.4 is 11.1 Å². The Morgan fingerprint density at radius 1 is 1.39 bits per heavy atom. The number of anilines is 1. The number of aryl methyl sites for hydroxylation is 1. The molecule has 0 saturated heterocycles. The minimum atomic E-state index is 0.539. The van der Waals surface area contributed by atoms with E-state index in [4.69, 9.17) is 5.73 Å². The Morgan fingerprint density at radius 2 is 2.22 bits per heavy atom. The summed E-state index contributed by atoms with van der Waals surface area (Å²) in [4.78, 5) is 0. The van der Waals surface area contributed by atoms with Crippen molar-refractivity contribution in [2.75, 3.05) is 5.73 Å². The van der Waals surface area contributed by atoms with Crippen LogP contribution in [-0.4, -0.2) is 6.04 Å². The highest BCUT2D eigenvalue weighted by Gasteiger charge is 2.23. The summed E-state index contributed by atoms with van der Waals surface area (Å²) >= 11 is 0. The van der Waals surface area contributed by atoms with Crippen LogP contribution in [0.2, 0.25) is 0 Å². The Morgan fingerprint density at radius 3 is 3.00 bits per heavy atom. The molecule has 2 atom stereocenters. The first-order valence-electron chi connectivity index (χ1n) is 7.35. The summed E-state index contributed by atoms with van der Waals surface area (Å²) in [6, 6.07) is 7.52. The van der Waals surface area contributed by atoms with E-state index in [0.717, 1.165) is 5.69 Å². The first-order chi connectivity index (χ1) is 8.70. The fourth-order valence-electron chi connectivity index (χ4n) is 2.94. The second-order valence-electron chi connectivity index (χ2n) is 5.61. The topological polar surface area (TPSA) is 38.0 Å². The fourth-order valence-corrected chi connectivity index (χ4v) is 2.94. The highest BCUT2D eigenvalue weighted by atomic mass is 14.9. The van der Waals surface area contributed by atoms with Crippen molar-refractivity contribution in [2.24, 2.45) is 0 Å². The van der Waals surface area contributed by atoms with Gasteiger partial charge in [-0.15, -0.1) is 0 Å². The first kappa shape index (κ1) is 13.4. The molecular weight excluding hydrogens is 220 g/mol. The molecule has 0 fully saturated rings. The molecule has 2 nitrogen and oxygen atoms in total. The highest BCUT2D eigenvalue weighted by Crippen LogP contribution is 2.32. The predicted octanol–water partition coefficient (Wildman–Crippen LogP) is 3.81. The molecule has 0 amide bonds. The van der Waals surface area contributed by atoms with Gasteiger partial charge in [0.2, 0.25) is 0 Å². The SMILES string of the molecule is CCCCCC(C)NC1CCc2cc(N)ccc21. The molecule has 0 spiro atoms. The van der Waals surface area contributed by atoms with Crippen LogP contribution in [0.25, 0.3) is 0 Å². The van der Waals surface area contributed by atoms with Crippen molar-refractivity contribution in [3.05, 3.63) is 29.3 Å². The molecule has 3 N–H and O–H groups in total. The molecule has 18 heavy (non-hydrogen) atoms. The quantitative estimate of drug-likeness (QED) is 0.591. The van der Waals surface area contributed by atoms with Crippen molar-refractivity contribution < 1.29 is 0 Å². The molecule has 1 aliphatic carbocycles. The maximum atomic E-state index is 5.84. The number of nitrogens with two attached hydrogens (primary N) is 1. The maximum Gasteiger partial charge on any atom is 0.0328 e. The van der Waals surface area contributed by atoms with Crippen molar-refractivity contribution in [1.29, 1.82) is 0 Å². The molecule has 0 bridgehead atoms. The van der Waals surface area contributed by atoms with Gasteiger partial charge in [-0.3, -0.25) is 0 Å². The van der Waals surface area contributed by atoms with E-state index in [9.17, 15) is 0 Å². The van der Waals surface area contributed by atoms with Gasteiger partial charge in [-0.1, -0.05) is 32.3 Å². The van der Waals surface area contributed by atoms with Crippen LogP contribution in [-0.2, 0) is 6.42 Å². The molecule has 1 aliphatic rings. The van der Waals surface area contributed by atoms with Crippen molar-refractivity contribution in [3.63, 3.8) is 0 Å². The van der Waals surface area contributed by atoms with Gasteiger partial charge in [-0.25, -0.2) is 0 Å². The van der Waals surface area contributed by atoms with E-state index >= 15 is 0 Å². The largest absolute Gasteiger partial charge is 0.399 e. The number of nitrogens with one attached hydrogen (secondary N) is 1. The zero-order valence-corrected chi connectivity index (χ0v) is 11.7. The summed E-state index contributed by atoms with van der Waals surface area (Å²) in [5, 5.41) is 3.77. The number of rotatable bonds is 6. The average Bonchev–Trinajstić information content (AvgIpc) is 2.72.